The van der Waals surface area contributed by atoms with Crippen molar-refractivity contribution in [1.82, 2.24) is 0 Å². The van der Waals surface area contributed by atoms with Gasteiger partial charge in [-0.05, 0) is 42.8 Å². The van der Waals surface area contributed by atoms with Crippen LogP contribution in [0.25, 0.3) is 6.08 Å². The van der Waals surface area contributed by atoms with Crippen LogP contribution in [0, 0.1) is 0 Å². The summed E-state index contributed by atoms with van der Waals surface area (Å²) in [6.45, 7) is 1.91. The van der Waals surface area contributed by atoms with Gasteiger partial charge in [0.2, 0.25) is 5.91 Å². The lowest BCUT2D eigenvalue weighted by Gasteiger charge is -2.22. The molecule has 25 heavy (non-hydrogen) atoms. The van der Waals surface area contributed by atoms with Crippen molar-refractivity contribution >= 4 is 23.6 Å². The molecule has 5 heteroatoms. The number of carbonyl (C=O) groups excluding carboxylic acids is 1. The van der Waals surface area contributed by atoms with Crippen LogP contribution >= 0.6 is 0 Å². The Hall–Kier alpha value is -3.34. The molecule has 5 nitrogen and oxygen atoms in total. The number of carbonyl (C=O) groups is 2. The van der Waals surface area contributed by atoms with Crippen molar-refractivity contribution in [2.45, 2.75) is 13.0 Å². The van der Waals surface area contributed by atoms with Gasteiger partial charge in [0.05, 0.1) is 11.3 Å². The molecular formula is C20H17NO4. The second-order valence-electron chi connectivity index (χ2n) is 5.62. The van der Waals surface area contributed by atoms with Gasteiger partial charge in [0, 0.05) is 11.6 Å². The molecule has 3 rings (SSSR count). The van der Waals surface area contributed by atoms with Crippen molar-refractivity contribution in [3.8, 4) is 5.75 Å². The number of carboxylic acid groups (broad SMARTS) is 1. The van der Waals surface area contributed by atoms with Gasteiger partial charge in [0.25, 0.3) is 0 Å². The molecule has 0 saturated carbocycles. The highest BCUT2D eigenvalue weighted by atomic mass is 16.5. The molecule has 1 heterocycles. The van der Waals surface area contributed by atoms with Gasteiger partial charge in [0.15, 0.2) is 0 Å². The first-order chi connectivity index (χ1) is 12.0. The van der Waals surface area contributed by atoms with Crippen molar-refractivity contribution in [3.63, 3.8) is 0 Å². The van der Waals surface area contributed by atoms with Crippen molar-refractivity contribution in [1.29, 1.82) is 0 Å². The Bertz CT molecular complexity index is 883. The molecule has 0 spiro atoms. The number of para-hydroxylation sites is 2. The van der Waals surface area contributed by atoms with Crippen LogP contribution in [0.15, 0.2) is 66.3 Å². The molecular weight excluding hydrogens is 318 g/mol. The summed E-state index contributed by atoms with van der Waals surface area (Å²) in [5.41, 5.74) is 2.13. The van der Waals surface area contributed by atoms with E-state index in [9.17, 15) is 9.59 Å². The maximum Gasteiger partial charge on any atom is 0.337 e. The Labute approximate surface area is 145 Å². The lowest BCUT2D eigenvalue weighted by Crippen LogP contribution is -2.18. The number of benzene rings is 2. The molecule has 0 bridgehead atoms. The van der Waals surface area contributed by atoms with Gasteiger partial charge in [-0.15, -0.1) is 0 Å². The summed E-state index contributed by atoms with van der Waals surface area (Å²) in [6.07, 6.45) is 4.85. The number of ether oxygens (including phenoxy) is 1. The Kier molecular flexibility index (Phi) is 4.66. The van der Waals surface area contributed by atoms with E-state index >= 15 is 0 Å². The van der Waals surface area contributed by atoms with E-state index in [1.807, 2.05) is 37.3 Å². The van der Waals surface area contributed by atoms with Crippen LogP contribution < -0.4 is 10.1 Å². The van der Waals surface area contributed by atoms with Crippen LogP contribution in [-0.4, -0.2) is 23.1 Å². The molecule has 0 saturated heterocycles. The van der Waals surface area contributed by atoms with E-state index in [2.05, 4.69) is 5.32 Å². The fourth-order valence-electron chi connectivity index (χ4n) is 2.57. The maximum atomic E-state index is 12.1. The maximum absolute atomic E-state index is 12.1. The lowest BCUT2D eigenvalue weighted by atomic mass is 10.0. The molecule has 0 aliphatic carbocycles. The third-order valence-electron chi connectivity index (χ3n) is 3.86. The first-order valence-corrected chi connectivity index (χ1v) is 7.83. The van der Waals surface area contributed by atoms with Crippen molar-refractivity contribution in [2.24, 2.45) is 0 Å². The SMILES string of the molecule is CC1Oc2ccccc2C=C1C=CC(=O)Nc1ccccc1C(=O)O. The van der Waals surface area contributed by atoms with Gasteiger partial charge in [0.1, 0.15) is 11.9 Å². The highest BCUT2D eigenvalue weighted by Gasteiger charge is 2.16. The van der Waals surface area contributed by atoms with Gasteiger partial charge in [-0.25, -0.2) is 4.79 Å². The number of fused-ring (bicyclic) bond motifs is 1. The molecule has 1 atom stereocenters. The van der Waals surface area contributed by atoms with Gasteiger partial charge < -0.3 is 15.2 Å². The van der Waals surface area contributed by atoms with E-state index in [0.717, 1.165) is 16.9 Å². The van der Waals surface area contributed by atoms with Crippen molar-refractivity contribution in [3.05, 3.63) is 77.4 Å². The molecule has 0 radical (unpaired) electrons. The van der Waals surface area contributed by atoms with E-state index in [1.165, 1.54) is 12.1 Å². The Morgan fingerprint density at radius 2 is 1.84 bits per heavy atom. The zero-order valence-electron chi connectivity index (χ0n) is 13.6. The van der Waals surface area contributed by atoms with E-state index in [1.54, 1.807) is 24.3 Å². The average Bonchev–Trinajstić information content (AvgIpc) is 2.60. The minimum Gasteiger partial charge on any atom is -0.485 e. The average molecular weight is 335 g/mol. The van der Waals surface area contributed by atoms with Gasteiger partial charge in [-0.3, -0.25) is 4.79 Å². The van der Waals surface area contributed by atoms with Gasteiger partial charge >= 0.3 is 5.97 Å². The molecule has 1 aliphatic rings. The normalized spacial score (nSPS) is 15.9. The third-order valence-corrected chi connectivity index (χ3v) is 3.86. The highest BCUT2D eigenvalue weighted by Crippen LogP contribution is 2.29. The van der Waals surface area contributed by atoms with E-state index < -0.39 is 11.9 Å². The number of carboxylic acids is 1. The molecule has 2 N–H and O–H groups in total. The second kappa shape index (κ2) is 7.05. The predicted molar refractivity (Wildman–Crippen MR) is 95.7 cm³/mol. The largest absolute Gasteiger partial charge is 0.485 e. The van der Waals surface area contributed by atoms with Crippen LogP contribution in [-0.2, 0) is 4.79 Å². The van der Waals surface area contributed by atoms with E-state index in [-0.39, 0.29) is 17.4 Å². The third kappa shape index (κ3) is 3.77. The van der Waals surface area contributed by atoms with Crippen LogP contribution in [0.2, 0.25) is 0 Å². The van der Waals surface area contributed by atoms with E-state index in [4.69, 9.17) is 9.84 Å². The lowest BCUT2D eigenvalue weighted by molar-refractivity contribution is -0.111. The first kappa shape index (κ1) is 16.5. The molecule has 1 unspecified atom stereocenters. The van der Waals surface area contributed by atoms with Crippen LogP contribution in [0.1, 0.15) is 22.8 Å². The quantitative estimate of drug-likeness (QED) is 0.835. The molecule has 2 aromatic rings. The van der Waals surface area contributed by atoms with Crippen LogP contribution in [0.5, 0.6) is 5.75 Å². The van der Waals surface area contributed by atoms with Gasteiger partial charge in [-0.2, -0.15) is 0 Å². The van der Waals surface area contributed by atoms with Gasteiger partial charge in [-0.1, -0.05) is 30.3 Å². The number of amides is 1. The van der Waals surface area contributed by atoms with Crippen LogP contribution in [0.4, 0.5) is 5.69 Å². The zero-order chi connectivity index (χ0) is 17.8. The van der Waals surface area contributed by atoms with Crippen molar-refractivity contribution < 1.29 is 19.4 Å². The summed E-state index contributed by atoms with van der Waals surface area (Å²) >= 11 is 0. The molecule has 1 amide bonds. The number of hydrogen-bond acceptors (Lipinski definition) is 3. The molecule has 1 aliphatic heterocycles. The molecule has 0 fully saturated rings. The Morgan fingerprint density at radius 3 is 2.64 bits per heavy atom. The summed E-state index contributed by atoms with van der Waals surface area (Å²) in [6, 6.07) is 13.9. The Morgan fingerprint density at radius 1 is 1.12 bits per heavy atom. The summed E-state index contributed by atoms with van der Waals surface area (Å²) in [5.74, 6) is -0.679. The standard InChI is InChI=1S/C20H17NO4/c1-13-14(12-15-6-2-5-9-18(15)25-13)10-11-19(22)21-17-8-4-3-7-16(17)20(23)24/h2-13H,1H3,(H,21,22)(H,23,24). The summed E-state index contributed by atoms with van der Waals surface area (Å²) < 4.78 is 5.82. The monoisotopic (exact) mass is 335 g/mol. The minimum atomic E-state index is -1.09. The fraction of sp³-hybridized carbons (Fsp3) is 0.100. The number of hydrogen-bond donors (Lipinski definition) is 2. The predicted octanol–water partition coefficient (Wildman–Crippen LogP) is 3.74. The number of nitrogens with one attached hydrogen (secondary N) is 1. The topological polar surface area (TPSA) is 75.6 Å². The number of anilines is 1. The zero-order valence-corrected chi connectivity index (χ0v) is 13.6. The smallest absolute Gasteiger partial charge is 0.337 e. The minimum absolute atomic E-state index is 0.0479. The summed E-state index contributed by atoms with van der Waals surface area (Å²) in [7, 11) is 0. The first-order valence-electron chi connectivity index (χ1n) is 7.83. The molecule has 0 aromatic heterocycles. The van der Waals surface area contributed by atoms with Crippen molar-refractivity contribution in [2.75, 3.05) is 5.32 Å². The fourth-order valence-corrected chi connectivity index (χ4v) is 2.57. The number of aromatic carboxylic acids is 1. The molecule has 126 valence electrons. The highest BCUT2D eigenvalue weighted by molar-refractivity contribution is 6.04. The van der Waals surface area contributed by atoms with Crippen LogP contribution in [0.3, 0.4) is 0 Å². The molecule has 2 aromatic carbocycles. The van der Waals surface area contributed by atoms with E-state index in [0.29, 0.717) is 0 Å². The summed E-state index contributed by atoms with van der Waals surface area (Å²) in [4.78, 5) is 23.3. The Balaban J connectivity index is 1.75. The number of rotatable bonds is 4. The summed E-state index contributed by atoms with van der Waals surface area (Å²) in [5, 5.41) is 11.7. The second-order valence-corrected chi connectivity index (χ2v) is 5.62.